The van der Waals surface area contributed by atoms with Gasteiger partial charge in [0.1, 0.15) is 0 Å². The first-order valence-electron chi connectivity index (χ1n) is 24.2. The first-order valence-corrected chi connectivity index (χ1v) is 24.2. The Morgan fingerprint density at radius 2 is 0.589 bits per heavy atom. The molecule has 12 aromatic rings. The van der Waals surface area contributed by atoms with E-state index >= 15 is 0 Å². The summed E-state index contributed by atoms with van der Waals surface area (Å²) in [4.78, 5) is 9.14. The Morgan fingerprint density at radius 1 is 0.233 bits per heavy atom. The summed E-state index contributed by atoms with van der Waals surface area (Å²) in [5.74, 6) is 0. The Kier molecular flexibility index (Phi) is 13.5. The van der Waals surface area contributed by atoms with Crippen LogP contribution in [0.5, 0.6) is 0 Å². The molecule has 347 valence electrons. The molecular weight excluding hydrogens is 1060 g/mol. The predicted molar refractivity (Wildman–Crippen MR) is 297 cm³/mol. The zero-order valence-corrected chi connectivity index (χ0v) is 42.0. The van der Waals surface area contributed by atoms with E-state index in [9.17, 15) is 0 Å². The van der Waals surface area contributed by atoms with E-state index in [2.05, 4.69) is 247 Å². The third kappa shape index (κ3) is 9.94. The molecule has 2 aromatic heterocycles. The molecule has 12 rings (SSSR count). The van der Waals surface area contributed by atoms with Crippen molar-refractivity contribution >= 4 is 0 Å². The first kappa shape index (κ1) is 46.5. The van der Waals surface area contributed by atoms with Crippen molar-refractivity contribution < 1.29 is 20.1 Å². The third-order valence-electron chi connectivity index (χ3n) is 13.3. The van der Waals surface area contributed by atoms with Gasteiger partial charge in [-0.2, -0.15) is 30.3 Å². The normalized spacial score (nSPS) is 10.9. The summed E-state index contributed by atoms with van der Waals surface area (Å²) >= 11 is 0. The Labute approximate surface area is 441 Å². The molecule has 2 nitrogen and oxygen atoms in total. The van der Waals surface area contributed by atoms with Gasteiger partial charge in [-0.1, -0.05) is 179 Å². The maximum atomic E-state index is 4.57. The minimum absolute atomic E-state index is 0. The first-order chi connectivity index (χ1) is 35.7. The van der Waals surface area contributed by atoms with Crippen LogP contribution >= 0.6 is 0 Å². The van der Waals surface area contributed by atoms with Crippen molar-refractivity contribution in [2.75, 3.05) is 0 Å². The van der Waals surface area contributed by atoms with Crippen LogP contribution in [-0.2, 0) is 20.1 Å². The van der Waals surface area contributed by atoms with Crippen molar-refractivity contribution in [3.05, 3.63) is 291 Å². The van der Waals surface area contributed by atoms with E-state index < -0.39 is 0 Å². The molecule has 2 heterocycles. The second-order valence-corrected chi connectivity index (χ2v) is 17.8. The molecule has 0 saturated heterocycles. The van der Waals surface area contributed by atoms with E-state index in [0.717, 1.165) is 112 Å². The van der Waals surface area contributed by atoms with Crippen molar-refractivity contribution in [3.8, 4) is 123 Å². The summed E-state index contributed by atoms with van der Waals surface area (Å²) < 4.78 is 0. The Hall–Kier alpha value is -8.85. The van der Waals surface area contributed by atoms with Crippen LogP contribution < -0.4 is 0 Å². The fourth-order valence-corrected chi connectivity index (χ4v) is 9.65. The fourth-order valence-electron chi connectivity index (χ4n) is 9.65. The standard InChI is InChI=1S/C70H44N2.Ir/c1-2-15-49(16-3-1)50-27-29-51(30-28-50)58-17-14-18-59(45-58)52-31-33-53(34-32-52)63-19-4-7-22-66(63)60-46-61(67-23-8-5-20-64(67)54-35-39-56(40-36-54)69-25-10-12-43-71-69)48-62(47-60)68-24-9-6-21-65(68)55-37-41-57(42-38-55)70-26-11-13-44-72-70;/h1-17,19-31,33-39,41,43-48H;/q-4;. The molecule has 0 saturated carbocycles. The van der Waals surface area contributed by atoms with Gasteiger partial charge in [0.05, 0.1) is 0 Å². The second-order valence-electron chi connectivity index (χ2n) is 17.8. The number of hydrogen-bond acceptors (Lipinski definition) is 2. The number of pyridine rings is 2. The maximum Gasteiger partial charge on any atom is 0.0160 e. The molecule has 0 fully saturated rings. The molecule has 10 aromatic carbocycles. The van der Waals surface area contributed by atoms with Crippen molar-refractivity contribution in [2.24, 2.45) is 0 Å². The van der Waals surface area contributed by atoms with Gasteiger partial charge in [0.15, 0.2) is 0 Å². The molecule has 0 spiro atoms. The minimum atomic E-state index is 0. The Bertz CT molecular complexity index is 3650. The Morgan fingerprint density at radius 3 is 0.986 bits per heavy atom. The van der Waals surface area contributed by atoms with Crippen molar-refractivity contribution in [1.29, 1.82) is 0 Å². The number of hydrogen-bond donors (Lipinski definition) is 0. The number of rotatable bonds is 11. The largest absolute Gasteiger partial charge is 0.305 e. The molecule has 1 radical (unpaired) electrons. The fraction of sp³-hybridized carbons (Fsp3) is 0. The summed E-state index contributed by atoms with van der Waals surface area (Å²) in [5.41, 5.74) is 23.8. The molecule has 0 aliphatic carbocycles. The molecule has 0 atom stereocenters. The Balaban J connectivity index is 0.00000574. The molecule has 0 aliphatic heterocycles. The average molecular weight is 1110 g/mol. The van der Waals surface area contributed by atoms with Crippen LogP contribution in [0.25, 0.3) is 123 Å². The smallest absolute Gasteiger partial charge is 0.0160 e. The summed E-state index contributed by atoms with van der Waals surface area (Å²) in [6.07, 6.45) is 3.64. The molecule has 0 N–H and O–H groups in total. The van der Waals surface area contributed by atoms with Gasteiger partial charge in [0.2, 0.25) is 0 Å². The number of nitrogens with zero attached hydrogens (tertiary/aromatic N) is 2. The second kappa shape index (κ2) is 21.2. The molecule has 3 heteroatoms. The quantitative estimate of drug-likeness (QED) is 0.121. The van der Waals surface area contributed by atoms with E-state index in [-0.39, 0.29) is 20.1 Å². The molecule has 73 heavy (non-hydrogen) atoms. The maximum absolute atomic E-state index is 4.57. The van der Waals surface area contributed by atoms with Crippen molar-refractivity contribution in [1.82, 2.24) is 9.97 Å². The summed E-state index contributed by atoms with van der Waals surface area (Å²) in [7, 11) is 0. The zero-order chi connectivity index (χ0) is 48.1. The van der Waals surface area contributed by atoms with Gasteiger partial charge in [-0.15, -0.1) is 89.0 Å². The van der Waals surface area contributed by atoms with Crippen LogP contribution in [-0.4, -0.2) is 9.97 Å². The van der Waals surface area contributed by atoms with Crippen molar-refractivity contribution in [2.45, 2.75) is 0 Å². The van der Waals surface area contributed by atoms with Crippen LogP contribution in [0.3, 0.4) is 0 Å². The molecule has 0 amide bonds. The van der Waals surface area contributed by atoms with Gasteiger partial charge in [0, 0.05) is 32.5 Å². The number of aromatic nitrogens is 2. The van der Waals surface area contributed by atoms with E-state index in [1.165, 1.54) is 11.1 Å². The number of benzene rings is 10. The van der Waals surface area contributed by atoms with E-state index in [1.807, 2.05) is 54.9 Å². The predicted octanol–water partition coefficient (Wildman–Crippen LogP) is 18.0. The summed E-state index contributed by atoms with van der Waals surface area (Å²) in [6.45, 7) is 0. The van der Waals surface area contributed by atoms with E-state index in [4.69, 9.17) is 0 Å². The van der Waals surface area contributed by atoms with Gasteiger partial charge in [-0.25, -0.2) is 11.1 Å². The van der Waals surface area contributed by atoms with Gasteiger partial charge in [-0.05, 0) is 91.8 Å². The van der Waals surface area contributed by atoms with Crippen LogP contribution in [0.4, 0.5) is 0 Å². The van der Waals surface area contributed by atoms with Crippen LogP contribution in [0.1, 0.15) is 0 Å². The van der Waals surface area contributed by atoms with Crippen LogP contribution in [0.15, 0.2) is 267 Å². The SMILES string of the molecule is [Ir].[c-]1cc(-c2ccccc2-c2cc(-c3ccccc3-c3c[c-]c(-c4ccccn4)cc3)cc(-c3ccccc3-c3c[c-]c(-c4ccccn4)cc3)c2)ccc1-c1[c-]ccc(-c2ccc(-c3ccccc3)cc2)c1. The van der Waals surface area contributed by atoms with Crippen LogP contribution in [0, 0.1) is 24.3 Å². The van der Waals surface area contributed by atoms with E-state index in [1.54, 1.807) is 0 Å². The van der Waals surface area contributed by atoms with Gasteiger partial charge < -0.3 is 9.97 Å². The third-order valence-corrected chi connectivity index (χ3v) is 13.3. The van der Waals surface area contributed by atoms with Crippen molar-refractivity contribution in [3.63, 3.8) is 0 Å². The van der Waals surface area contributed by atoms with Crippen LogP contribution in [0.2, 0.25) is 0 Å². The molecule has 0 unspecified atom stereocenters. The van der Waals surface area contributed by atoms with Gasteiger partial charge >= 0.3 is 0 Å². The monoisotopic (exact) mass is 1110 g/mol. The minimum Gasteiger partial charge on any atom is -0.305 e. The zero-order valence-electron chi connectivity index (χ0n) is 39.6. The van der Waals surface area contributed by atoms with E-state index in [0.29, 0.717) is 0 Å². The van der Waals surface area contributed by atoms with Gasteiger partial charge in [0.25, 0.3) is 0 Å². The molecular formula is C70H44IrN2-4. The summed E-state index contributed by atoms with van der Waals surface area (Å²) in [5, 5.41) is 0. The average Bonchev–Trinajstić information content (AvgIpc) is 3.48. The molecule has 0 bridgehead atoms. The topological polar surface area (TPSA) is 25.8 Å². The summed E-state index contributed by atoms with van der Waals surface area (Å²) in [6, 6.07) is 104. The molecule has 0 aliphatic rings. The van der Waals surface area contributed by atoms with Gasteiger partial charge in [-0.3, -0.25) is 0 Å².